The van der Waals surface area contributed by atoms with E-state index in [-0.39, 0.29) is 12.1 Å². The van der Waals surface area contributed by atoms with Gasteiger partial charge in [0.1, 0.15) is 0 Å². The topological polar surface area (TPSA) is 40.7 Å². The minimum Gasteiger partial charge on any atom is -0.379 e. The van der Waals surface area contributed by atoms with Crippen molar-refractivity contribution in [3.63, 3.8) is 0 Å². The van der Waals surface area contributed by atoms with Gasteiger partial charge in [0.25, 0.3) is 0 Å². The molecule has 0 aliphatic rings. The Morgan fingerprint density at radius 3 is 2.67 bits per heavy atom. The van der Waals surface area contributed by atoms with Gasteiger partial charge in [-0.15, -0.1) is 0 Å². The zero-order valence-corrected chi connectivity index (χ0v) is 10.9. The smallest absolute Gasteiger partial charge is 0.379 e. The summed E-state index contributed by atoms with van der Waals surface area (Å²) < 4.78 is 38.8. The Labute approximate surface area is 118 Å². The lowest BCUT2D eigenvalue weighted by atomic mass is 10.1. The number of hydrogen-bond acceptors (Lipinski definition) is 2. The fraction of sp³-hybridized carbons (Fsp3) is 0.133. The van der Waals surface area contributed by atoms with Crippen LogP contribution in [0.4, 0.5) is 18.9 Å². The molecule has 0 bridgehead atoms. The van der Waals surface area contributed by atoms with Gasteiger partial charge in [-0.1, -0.05) is 30.3 Å². The lowest BCUT2D eigenvalue weighted by Gasteiger charge is -2.14. The number of nitrogens with one attached hydrogen (secondary N) is 2. The zero-order valence-electron chi connectivity index (χ0n) is 10.9. The number of rotatable bonds is 3. The highest BCUT2D eigenvalue weighted by molar-refractivity contribution is 5.89. The normalized spacial score (nSPS) is 11.8. The molecule has 0 atom stereocenters. The number of para-hydroxylation sites is 1. The molecule has 2 aromatic carbocycles. The standard InChI is InChI=1S/C15H12F3N3/c16-15(17,18)12-6-2-1-4-10(12)8-19-13-7-3-5-11-9-20-21-14(11)13/h1-7,9,19H,8H2,(H,20,21). The van der Waals surface area contributed by atoms with Crippen molar-refractivity contribution in [2.24, 2.45) is 0 Å². The number of anilines is 1. The first-order valence-electron chi connectivity index (χ1n) is 6.37. The number of aromatic nitrogens is 2. The van der Waals surface area contributed by atoms with Crippen LogP contribution in [0, 0.1) is 0 Å². The number of nitrogens with zero attached hydrogens (tertiary/aromatic N) is 1. The van der Waals surface area contributed by atoms with Crippen LogP contribution >= 0.6 is 0 Å². The van der Waals surface area contributed by atoms with E-state index in [1.54, 1.807) is 18.3 Å². The predicted molar refractivity (Wildman–Crippen MR) is 74.9 cm³/mol. The van der Waals surface area contributed by atoms with Crippen LogP contribution in [0.15, 0.2) is 48.7 Å². The van der Waals surface area contributed by atoms with Gasteiger partial charge in [-0.05, 0) is 17.7 Å². The van der Waals surface area contributed by atoms with Crippen LogP contribution in [0.5, 0.6) is 0 Å². The van der Waals surface area contributed by atoms with Crippen LogP contribution < -0.4 is 5.32 Å². The fourth-order valence-corrected chi connectivity index (χ4v) is 2.26. The maximum absolute atomic E-state index is 12.9. The Balaban J connectivity index is 1.87. The highest BCUT2D eigenvalue weighted by Crippen LogP contribution is 2.32. The molecular formula is C15H12F3N3. The second-order valence-electron chi connectivity index (χ2n) is 4.65. The minimum atomic E-state index is -4.35. The predicted octanol–water partition coefficient (Wildman–Crippen LogP) is 4.19. The number of aromatic amines is 1. The molecule has 0 aliphatic heterocycles. The van der Waals surface area contributed by atoms with E-state index in [2.05, 4.69) is 15.5 Å². The van der Waals surface area contributed by atoms with Crippen LogP contribution in [-0.4, -0.2) is 10.2 Å². The van der Waals surface area contributed by atoms with E-state index in [1.807, 2.05) is 12.1 Å². The van der Waals surface area contributed by atoms with E-state index in [9.17, 15) is 13.2 Å². The molecule has 0 unspecified atom stereocenters. The maximum Gasteiger partial charge on any atom is 0.416 e. The van der Waals surface area contributed by atoms with E-state index in [0.717, 1.165) is 22.7 Å². The number of alkyl halides is 3. The Kier molecular flexibility index (Phi) is 3.29. The third-order valence-corrected chi connectivity index (χ3v) is 3.27. The van der Waals surface area contributed by atoms with Gasteiger partial charge >= 0.3 is 6.18 Å². The van der Waals surface area contributed by atoms with Crippen LogP contribution in [0.3, 0.4) is 0 Å². The summed E-state index contributed by atoms with van der Waals surface area (Å²) >= 11 is 0. The molecule has 0 amide bonds. The van der Waals surface area contributed by atoms with Crippen LogP contribution in [0.25, 0.3) is 10.9 Å². The lowest BCUT2D eigenvalue weighted by molar-refractivity contribution is -0.138. The molecule has 21 heavy (non-hydrogen) atoms. The number of hydrogen-bond donors (Lipinski definition) is 2. The average Bonchev–Trinajstić information content (AvgIpc) is 2.93. The van der Waals surface area contributed by atoms with Crippen molar-refractivity contribution in [1.82, 2.24) is 10.2 Å². The van der Waals surface area contributed by atoms with Crippen molar-refractivity contribution in [2.75, 3.05) is 5.32 Å². The van der Waals surface area contributed by atoms with Crippen molar-refractivity contribution in [1.29, 1.82) is 0 Å². The molecule has 0 spiro atoms. The van der Waals surface area contributed by atoms with Crippen molar-refractivity contribution in [2.45, 2.75) is 12.7 Å². The third-order valence-electron chi connectivity index (χ3n) is 3.27. The summed E-state index contributed by atoms with van der Waals surface area (Å²) in [5.41, 5.74) is 1.10. The summed E-state index contributed by atoms with van der Waals surface area (Å²) in [6, 6.07) is 11.1. The minimum absolute atomic E-state index is 0.0911. The van der Waals surface area contributed by atoms with E-state index >= 15 is 0 Å². The number of H-pyrrole nitrogens is 1. The molecule has 3 aromatic rings. The lowest BCUT2D eigenvalue weighted by Crippen LogP contribution is -2.11. The Hall–Kier alpha value is -2.50. The Morgan fingerprint density at radius 2 is 1.86 bits per heavy atom. The summed E-state index contributed by atoms with van der Waals surface area (Å²) in [7, 11) is 0. The van der Waals surface area contributed by atoms with Gasteiger partial charge in [0, 0.05) is 11.9 Å². The second-order valence-corrected chi connectivity index (χ2v) is 4.65. The Bertz CT molecular complexity index is 762. The molecule has 0 aliphatic carbocycles. The van der Waals surface area contributed by atoms with Gasteiger partial charge < -0.3 is 5.32 Å². The van der Waals surface area contributed by atoms with Gasteiger partial charge in [-0.2, -0.15) is 18.3 Å². The first kappa shape index (κ1) is 13.5. The van der Waals surface area contributed by atoms with Gasteiger partial charge in [-0.3, -0.25) is 5.10 Å². The summed E-state index contributed by atoms with van der Waals surface area (Å²) in [6.45, 7) is 0.0911. The second kappa shape index (κ2) is 5.12. The molecule has 3 nitrogen and oxygen atoms in total. The molecule has 0 fully saturated rings. The largest absolute Gasteiger partial charge is 0.416 e. The van der Waals surface area contributed by atoms with E-state index < -0.39 is 11.7 Å². The van der Waals surface area contributed by atoms with E-state index in [4.69, 9.17) is 0 Å². The molecule has 1 aromatic heterocycles. The van der Waals surface area contributed by atoms with E-state index in [1.165, 1.54) is 12.1 Å². The Morgan fingerprint density at radius 1 is 1.05 bits per heavy atom. The third kappa shape index (κ3) is 2.69. The first-order valence-corrected chi connectivity index (χ1v) is 6.37. The SMILES string of the molecule is FC(F)(F)c1ccccc1CNc1cccc2cn[nH]c12. The molecular weight excluding hydrogens is 279 g/mol. The van der Waals surface area contributed by atoms with Crippen LogP contribution in [-0.2, 0) is 12.7 Å². The number of halogens is 3. The quantitative estimate of drug-likeness (QED) is 0.759. The van der Waals surface area contributed by atoms with Gasteiger partial charge in [0.05, 0.1) is 23.0 Å². The highest BCUT2D eigenvalue weighted by Gasteiger charge is 2.32. The molecule has 0 saturated heterocycles. The zero-order chi connectivity index (χ0) is 14.9. The molecule has 108 valence electrons. The molecule has 6 heteroatoms. The number of fused-ring (bicyclic) bond motifs is 1. The summed E-state index contributed by atoms with van der Waals surface area (Å²) in [5.74, 6) is 0. The molecule has 0 radical (unpaired) electrons. The van der Waals surface area contributed by atoms with Crippen LogP contribution in [0.1, 0.15) is 11.1 Å². The first-order chi connectivity index (χ1) is 10.1. The van der Waals surface area contributed by atoms with Gasteiger partial charge in [0.15, 0.2) is 0 Å². The number of benzene rings is 2. The average molecular weight is 291 g/mol. The maximum atomic E-state index is 12.9. The summed E-state index contributed by atoms with van der Waals surface area (Å²) in [5, 5.41) is 10.7. The highest BCUT2D eigenvalue weighted by atomic mass is 19.4. The van der Waals surface area contributed by atoms with Crippen molar-refractivity contribution < 1.29 is 13.2 Å². The monoisotopic (exact) mass is 291 g/mol. The molecule has 2 N–H and O–H groups in total. The summed E-state index contributed by atoms with van der Waals surface area (Å²) in [6.07, 6.45) is -2.68. The van der Waals surface area contributed by atoms with Crippen molar-refractivity contribution in [3.8, 4) is 0 Å². The summed E-state index contributed by atoms with van der Waals surface area (Å²) in [4.78, 5) is 0. The molecule has 3 rings (SSSR count). The van der Waals surface area contributed by atoms with E-state index in [0.29, 0.717) is 0 Å². The van der Waals surface area contributed by atoms with Crippen molar-refractivity contribution >= 4 is 16.6 Å². The van der Waals surface area contributed by atoms with Gasteiger partial charge in [0.2, 0.25) is 0 Å². The van der Waals surface area contributed by atoms with Crippen LogP contribution in [0.2, 0.25) is 0 Å². The fourth-order valence-electron chi connectivity index (χ4n) is 2.26. The molecule has 0 saturated carbocycles. The molecule has 1 heterocycles. The van der Waals surface area contributed by atoms with Gasteiger partial charge in [-0.25, -0.2) is 0 Å². The van der Waals surface area contributed by atoms with Crippen molar-refractivity contribution in [3.05, 3.63) is 59.8 Å².